The van der Waals surface area contributed by atoms with Crippen LogP contribution < -0.4 is 10.1 Å². The lowest BCUT2D eigenvalue weighted by Gasteiger charge is -2.29. The molecule has 2 aliphatic rings. The molecule has 2 aromatic rings. The molecular weight excluding hydrogens is 406 g/mol. The fourth-order valence-electron chi connectivity index (χ4n) is 4.76. The number of hydrogen-bond acceptors (Lipinski definition) is 5. The van der Waals surface area contributed by atoms with Gasteiger partial charge in [-0.1, -0.05) is 25.6 Å². The van der Waals surface area contributed by atoms with Crippen molar-refractivity contribution in [1.29, 1.82) is 0 Å². The van der Waals surface area contributed by atoms with Crippen LogP contribution in [0.5, 0.6) is 11.5 Å². The van der Waals surface area contributed by atoms with Crippen molar-refractivity contribution >= 4 is 23.0 Å². The number of hydrogen-bond donors (Lipinski definition) is 2. The summed E-state index contributed by atoms with van der Waals surface area (Å²) in [7, 11) is 1.51. The van der Waals surface area contributed by atoms with E-state index in [4.69, 9.17) is 4.74 Å². The lowest BCUT2D eigenvalue weighted by molar-refractivity contribution is -0.127. The van der Waals surface area contributed by atoms with Crippen molar-refractivity contribution in [2.45, 2.75) is 39.0 Å². The summed E-state index contributed by atoms with van der Waals surface area (Å²) in [5, 5.41) is 13.8. The highest BCUT2D eigenvalue weighted by Gasteiger charge is 2.35. The molecule has 0 aromatic heterocycles. The molecule has 0 spiro atoms. The van der Waals surface area contributed by atoms with Gasteiger partial charge in [0.05, 0.1) is 24.8 Å². The average molecular weight is 434 g/mol. The minimum Gasteiger partial charge on any atom is -0.507 e. The van der Waals surface area contributed by atoms with Gasteiger partial charge in [0.25, 0.3) is 0 Å². The Morgan fingerprint density at radius 3 is 2.75 bits per heavy atom. The number of carbonyl (C=O) groups is 3. The number of rotatable bonds is 6. The summed E-state index contributed by atoms with van der Waals surface area (Å²) in [6.07, 6.45) is 2.66. The number of ether oxygens (including phenoxy) is 1. The van der Waals surface area contributed by atoms with Gasteiger partial charge in [0, 0.05) is 12.3 Å². The number of carbonyl (C=O) groups excluding carboxylic acids is 3. The van der Waals surface area contributed by atoms with Gasteiger partial charge in [-0.25, -0.2) is 0 Å². The second-order valence-electron chi connectivity index (χ2n) is 8.41. The van der Waals surface area contributed by atoms with Crippen LogP contribution >= 0.6 is 0 Å². The standard InChI is InChI=1S/C26H27NO5/c1-4-6-22(29)27-13-20(28)15-9-10-18-16(11-15)12-19-14(2)17-7-5-8-21(32-3)23(17)26(31)24(19)25(18)30/h5,7-8,12,15,30H,2,4,6,9-11,13H2,1,3H3,(H,27,29). The zero-order valence-corrected chi connectivity index (χ0v) is 18.4. The predicted octanol–water partition coefficient (Wildman–Crippen LogP) is 3.60. The van der Waals surface area contributed by atoms with E-state index < -0.39 is 0 Å². The van der Waals surface area contributed by atoms with Crippen LogP contribution in [0.4, 0.5) is 0 Å². The van der Waals surface area contributed by atoms with Crippen molar-refractivity contribution in [2.24, 2.45) is 5.92 Å². The highest BCUT2D eigenvalue weighted by Crippen LogP contribution is 2.45. The van der Waals surface area contributed by atoms with Gasteiger partial charge in [-0.05, 0) is 65.6 Å². The van der Waals surface area contributed by atoms with Crippen molar-refractivity contribution in [3.8, 4) is 11.5 Å². The first-order chi connectivity index (χ1) is 15.4. The minimum absolute atomic E-state index is 0.0118. The lowest BCUT2D eigenvalue weighted by Crippen LogP contribution is -2.35. The van der Waals surface area contributed by atoms with E-state index in [1.807, 2.05) is 19.1 Å². The molecular formula is C26H27NO5. The van der Waals surface area contributed by atoms with E-state index in [0.29, 0.717) is 59.3 Å². The van der Waals surface area contributed by atoms with Gasteiger partial charge in [0.15, 0.2) is 5.78 Å². The third-order valence-electron chi connectivity index (χ3n) is 6.45. The first-order valence-corrected chi connectivity index (χ1v) is 11.0. The largest absolute Gasteiger partial charge is 0.507 e. The monoisotopic (exact) mass is 433 g/mol. The van der Waals surface area contributed by atoms with Gasteiger partial charge < -0.3 is 15.2 Å². The van der Waals surface area contributed by atoms with E-state index in [2.05, 4.69) is 11.9 Å². The Bertz CT molecular complexity index is 1150. The van der Waals surface area contributed by atoms with Gasteiger partial charge in [0.1, 0.15) is 11.5 Å². The highest BCUT2D eigenvalue weighted by atomic mass is 16.5. The number of methoxy groups -OCH3 is 1. The quantitative estimate of drug-likeness (QED) is 0.620. The molecule has 6 heteroatoms. The maximum absolute atomic E-state index is 13.3. The van der Waals surface area contributed by atoms with Crippen LogP contribution in [0.1, 0.15) is 64.4 Å². The summed E-state index contributed by atoms with van der Waals surface area (Å²) >= 11 is 0. The Morgan fingerprint density at radius 2 is 2.03 bits per heavy atom. The van der Waals surface area contributed by atoms with E-state index in [1.165, 1.54) is 7.11 Å². The molecule has 6 nitrogen and oxygen atoms in total. The summed E-state index contributed by atoms with van der Waals surface area (Å²) in [5.41, 5.74) is 4.15. The normalized spacial score (nSPS) is 16.6. The maximum atomic E-state index is 13.3. The van der Waals surface area contributed by atoms with Crippen LogP contribution in [0.2, 0.25) is 0 Å². The summed E-state index contributed by atoms with van der Waals surface area (Å²) in [6, 6.07) is 7.24. The van der Waals surface area contributed by atoms with Crippen LogP contribution in [-0.4, -0.2) is 36.2 Å². The zero-order chi connectivity index (χ0) is 23.0. The number of fused-ring (bicyclic) bond motifs is 3. The van der Waals surface area contributed by atoms with Gasteiger partial charge in [-0.3, -0.25) is 14.4 Å². The number of Topliss-reactive ketones (excluding diaryl/α,β-unsaturated/α-hetero) is 1. The topological polar surface area (TPSA) is 92.7 Å². The Labute approximate surface area is 187 Å². The number of phenolic OH excluding ortho intramolecular Hbond substituents is 1. The molecule has 2 aromatic carbocycles. The molecule has 2 N–H and O–H groups in total. The Balaban J connectivity index is 1.65. The van der Waals surface area contributed by atoms with Gasteiger partial charge >= 0.3 is 0 Å². The Morgan fingerprint density at radius 1 is 1.25 bits per heavy atom. The van der Waals surface area contributed by atoms with Crippen LogP contribution in [-0.2, 0) is 22.4 Å². The van der Waals surface area contributed by atoms with Crippen molar-refractivity contribution in [2.75, 3.05) is 13.7 Å². The van der Waals surface area contributed by atoms with E-state index in [1.54, 1.807) is 12.1 Å². The molecule has 4 rings (SSSR count). The van der Waals surface area contributed by atoms with Crippen molar-refractivity contribution in [3.05, 3.63) is 64.2 Å². The molecule has 0 fully saturated rings. The number of phenols is 1. The summed E-state index contributed by atoms with van der Waals surface area (Å²) in [5.74, 6) is -0.219. The SMILES string of the molecule is C=C1c2cccc(OC)c2C(=O)c2c1cc1c(c2O)CCC(C(=O)CNC(=O)CCC)C1. The predicted molar refractivity (Wildman–Crippen MR) is 121 cm³/mol. The first-order valence-electron chi connectivity index (χ1n) is 11.0. The summed E-state index contributed by atoms with van der Waals surface area (Å²) in [6.45, 7) is 6.12. The Hall–Kier alpha value is -3.41. The number of amides is 1. The third-order valence-corrected chi connectivity index (χ3v) is 6.45. The number of benzene rings is 2. The second kappa shape index (κ2) is 8.61. The summed E-state index contributed by atoms with van der Waals surface area (Å²) in [4.78, 5) is 37.7. The van der Waals surface area contributed by atoms with Crippen molar-refractivity contribution in [1.82, 2.24) is 5.32 Å². The molecule has 32 heavy (non-hydrogen) atoms. The molecule has 0 saturated carbocycles. The van der Waals surface area contributed by atoms with Crippen LogP contribution in [0, 0.1) is 5.92 Å². The molecule has 0 bridgehead atoms. The average Bonchev–Trinajstić information content (AvgIpc) is 2.80. The van der Waals surface area contributed by atoms with Crippen LogP contribution in [0.3, 0.4) is 0 Å². The zero-order valence-electron chi connectivity index (χ0n) is 18.4. The molecule has 0 saturated heterocycles. The van der Waals surface area contributed by atoms with Crippen molar-refractivity contribution < 1.29 is 24.2 Å². The van der Waals surface area contributed by atoms with E-state index in [-0.39, 0.29) is 41.2 Å². The third kappa shape index (κ3) is 3.60. The minimum atomic E-state index is -0.281. The number of ketones is 2. The fourth-order valence-corrected chi connectivity index (χ4v) is 4.76. The molecule has 1 unspecified atom stereocenters. The molecule has 1 atom stereocenters. The van der Waals surface area contributed by atoms with Gasteiger partial charge in [-0.2, -0.15) is 0 Å². The molecule has 0 radical (unpaired) electrons. The number of aromatic hydroxyl groups is 1. The smallest absolute Gasteiger partial charge is 0.220 e. The maximum Gasteiger partial charge on any atom is 0.220 e. The molecule has 0 aliphatic heterocycles. The second-order valence-corrected chi connectivity index (χ2v) is 8.41. The molecule has 2 aliphatic carbocycles. The van der Waals surface area contributed by atoms with Crippen molar-refractivity contribution in [3.63, 3.8) is 0 Å². The van der Waals surface area contributed by atoms with Crippen LogP contribution in [0.25, 0.3) is 5.57 Å². The van der Waals surface area contributed by atoms with E-state index in [9.17, 15) is 19.5 Å². The Kier molecular flexibility index (Phi) is 5.87. The lowest BCUT2D eigenvalue weighted by atomic mass is 9.74. The summed E-state index contributed by atoms with van der Waals surface area (Å²) < 4.78 is 5.38. The van der Waals surface area contributed by atoms with Crippen LogP contribution in [0.15, 0.2) is 30.8 Å². The molecule has 1 amide bonds. The van der Waals surface area contributed by atoms with E-state index in [0.717, 1.165) is 12.0 Å². The first kappa shape index (κ1) is 21.8. The van der Waals surface area contributed by atoms with Gasteiger partial charge in [-0.15, -0.1) is 0 Å². The molecule has 0 heterocycles. The number of nitrogens with one attached hydrogen (secondary N) is 1. The van der Waals surface area contributed by atoms with Gasteiger partial charge in [0.2, 0.25) is 11.7 Å². The molecule has 166 valence electrons. The fraction of sp³-hybridized carbons (Fsp3) is 0.346. The highest BCUT2D eigenvalue weighted by molar-refractivity contribution is 6.21. The van der Waals surface area contributed by atoms with E-state index >= 15 is 0 Å².